The fourth-order valence-corrected chi connectivity index (χ4v) is 2.84. The Kier molecular flexibility index (Phi) is 3.90. The van der Waals surface area contributed by atoms with Crippen molar-refractivity contribution in [2.75, 3.05) is 13.2 Å². The minimum absolute atomic E-state index is 0.161. The lowest BCUT2D eigenvalue weighted by atomic mass is 10.3. The Hall–Kier alpha value is -2.83. The number of rotatable bonds is 5. The normalized spacial score (nSPS) is 13.5. The van der Waals surface area contributed by atoms with E-state index < -0.39 is 0 Å². The summed E-state index contributed by atoms with van der Waals surface area (Å²) >= 11 is 0. The molecule has 4 rings (SSSR count). The molecule has 0 saturated carbocycles. The van der Waals surface area contributed by atoms with Crippen molar-refractivity contribution in [3.05, 3.63) is 42.2 Å². The molecule has 0 unspecified atom stereocenters. The van der Waals surface area contributed by atoms with Crippen LogP contribution in [-0.4, -0.2) is 38.6 Å². The number of ether oxygens (including phenoxy) is 1. The van der Waals surface area contributed by atoms with Crippen LogP contribution in [0.25, 0.3) is 10.9 Å². The molecule has 1 aliphatic heterocycles. The van der Waals surface area contributed by atoms with E-state index in [4.69, 9.17) is 4.74 Å². The molecule has 3 heterocycles. The Bertz CT molecular complexity index is 810. The highest BCUT2D eigenvalue weighted by Gasteiger charge is 2.17. The van der Waals surface area contributed by atoms with Crippen molar-refractivity contribution in [3.8, 4) is 5.88 Å². The number of benzene rings is 1. The van der Waals surface area contributed by atoms with Crippen LogP contribution in [0.4, 0.5) is 0 Å². The lowest BCUT2D eigenvalue weighted by Gasteiger charge is -2.13. The van der Waals surface area contributed by atoms with E-state index >= 15 is 0 Å². The maximum atomic E-state index is 12.1. The van der Waals surface area contributed by atoms with Gasteiger partial charge >= 0.3 is 0 Å². The standard InChI is InChI=1S/C17H19N5O2/c23-17(15-11-16-22(20-15)9-4-10-24-16)18-7-3-8-21-12-13-5-1-2-6-14(13)19-21/h1-2,5-6,11-12H,3-4,7-10H2,(H,18,23). The van der Waals surface area contributed by atoms with E-state index in [9.17, 15) is 4.79 Å². The van der Waals surface area contributed by atoms with Crippen molar-refractivity contribution in [2.45, 2.75) is 25.9 Å². The van der Waals surface area contributed by atoms with Gasteiger partial charge in [0.25, 0.3) is 5.91 Å². The van der Waals surface area contributed by atoms with Gasteiger partial charge in [0.05, 0.1) is 12.1 Å². The van der Waals surface area contributed by atoms with Gasteiger partial charge in [-0.3, -0.25) is 9.48 Å². The number of aromatic nitrogens is 4. The first kappa shape index (κ1) is 14.7. The summed E-state index contributed by atoms with van der Waals surface area (Å²) in [6.07, 6.45) is 3.76. The highest BCUT2D eigenvalue weighted by Crippen LogP contribution is 2.18. The van der Waals surface area contributed by atoms with Crippen molar-refractivity contribution >= 4 is 16.8 Å². The SMILES string of the molecule is O=C(NCCCn1cc2ccccc2n1)c1cc2n(n1)CCCO2. The number of fused-ring (bicyclic) bond motifs is 2. The Balaban J connectivity index is 1.29. The molecule has 0 aliphatic carbocycles. The fraction of sp³-hybridized carbons (Fsp3) is 0.353. The van der Waals surface area contributed by atoms with Gasteiger partial charge in [0.2, 0.25) is 5.88 Å². The van der Waals surface area contributed by atoms with Gasteiger partial charge in [-0.05, 0) is 12.5 Å². The van der Waals surface area contributed by atoms with Crippen LogP contribution < -0.4 is 10.1 Å². The van der Waals surface area contributed by atoms with Gasteiger partial charge in [-0.25, -0.2) is 4.68 Å². The van der Waals surface area contributed by atoms with Crippen LogP contribution in [0.3, 0.4) is 0 Å². The highest BCUT2D eigenvalue weighted by atomic mass is 16.5. The predicted molar refractivity (Wildman–Crippen MR) is 89.0 cm³/mol. The summed E-state index contributed by atoms with van der Waals surface area (Å²) < 4.78 is 9.14. The molecule has 0 bridgehead atoms. The molecule has 7 heteroatoms. The molecular weight excluding hydrogens is 306 g/mol. The van der Waals surface area contributed by atoms with Crippen LogP contribution in [0.15, 0.2) is 36.5 Å². The first-order valence-corrected chi connectivity index (χ1v) is 8.21. The van der Waals surface area contributed by atoms with Crippen molar-refractivity contribution < 1.29 is 9.53 Å². The van der Waals surface area contributed by atoms with E-state index in [0.29, 0.717) is 24.7 Å². The zero-order chi connectivity index (χ0) is 16.4. The number of carbonyl (C=O) groups excluding carboxylic acids is 1. The number of aryl methyl sites for hydroxylation is 2. The van der Waals surface area contributed by atoms with Crippen LogP contribution in [0, 0.1) is 0 Å². The third-order valence-corrected chi connectivity index (χ3v) is 4.05. The number of nitrogens with one attached hydrogen (secondary N) is 1. The number of amides is 1. The van der Waals surface area contributed by atoms with Gasteiger partial charge < -0.3 is 10.1 Å². The average molecular weight is 325 g/mol. The average Bonchev–Trinajstić information content (AvgIpc) is 3.21. The lowest BCUT2D eigenvalue weighted by Crippen LogP contribution is -2.26. The summed E-state index contributed by atoms with van der Waals surface area (Å²) in [6.45, 7) is 2.83. The molecule has 24 heavy (non-hydrogen) atoms. The van der Waals surface area contributed by atoms with Gasteiger partial charge in [0, 0.05) is 43.7 Å². The number of hydrogen-bond acceptors (Lipinski definition) is 4. The second-order valence-electron chi connectivity index (χ2n) is 5.85. The molecule has 2 aromatic heterocycles. The minimum Gasteiger partial charge on any atom is -0.478 e. The van der Waals surface area contributed by atoms with E-state index in [2.05, 4.69) is 15.5 Å². The smallest absolute Gasteiger partial charge is 0.271 e. The Morgan fingerprint density at radius 1 is 1.29 bits per heavy atom. The second-order valence-corrected chi connectivity index (χ2v) is 5.85. The van der Waals surface area contributed by atoms with Crippen LogP contribution in [0.5, 0.6) is 5.88 Å². The highest BCUT2D eigenvalue weighted by molar-refractivity contribution is 5.92. The Labute approximate surface area is 139 Å². The van der Waals surface area contributed by atoms with Gasteiger partial charge in [0.15, 0.2) is 5.69 Å². The number of hydrogen-bond donors (Lipinski definition) is 1. The predicted octanol–water partition coefficient (Wildman–Crippen LogP) is 1.84. The van der Waals surface area contributed by atoms with Crippen molar-refractivity contribution in [3.63, 3.8) is 0 Å². The maximum Gasteiger partial charge on any atom is 0.271 e. The second kappa shape index (κ2) is 6.35. The fourth-order valence-electron chi connectivity index (χ4n) is 2.84. The zero-order valence-corrected chi connectivity index (χ0v) is 13.3. The largest absolute Gasteiger partial charge is 0.478 e. The molecule has 1 N–H and O–H groups in total. The summed E-state index contributed by atoms with van der Waals surface area (Å²) in [5, 5.41) is 12.8. The molecular formula is C17H19N5O2. The molecule has 0 radical (unpaired) electrons. The number of nitrogens with zero attached hydrogens (tertiary/aromatic N) is 4. The molecule has 0 spiro atoms. The lowest BCUT2D eigenvalue weighted by molar-refractivity contribution is 0.0946. The van der Waals surface area contributed by atoms with E-state index in [1.54, 1.807) is 10.7 Å². The summed E-state index contributed by atoms with van der Waals surface area (Å²) in [5.41, 5.74) is 1.40. The topological polar surface area (TPSA) is 74.0 Å². The zero-order valence-electron chi connectivity index (χ0n) is 13.3. The molecule has 124 valence electrons. The molecule has 1 aromatic carbocycles. The summed E-state index contributed by atoms with van der Waals surface area (Å²) in [4.78, 5) is 12.1. The van der Waals surface area contributed by atoms with Crippen LogP contribution in [0.1, 0.15) is 23.3 Å². The molecule has 7 nitrogen and oxygen atoms in total. The first-order valence-electron chi connectivity index (χ1n) is 8.21. The van der Waals surface area contributed by atoms with Crippen LogP contribution in [-0.2, 0) is 13.1 Å². The van der Waals surface area contributed by atoms with Gasteiger partial charge in [-0.1, -0.05) is 18.2 Å². The van der Waals surface area contributed by atoms with Crippen LogP contribution >= 0.6 is 0 Å². The maximum absolute atomic E-state index is 12.1. The molecule has 3 aromatic rings. The Morgan fingerprint density at radius 3 is 3.08 bits per heavy atom. The third kappa shape index (κ3) is 2.97. The van der Waals surface area contributed by atoms with Crippen LogP contribution in [0.2, 0.25) is 0 Å². The third-order valence-electron chi connectivity index (χ3n) is 4.05. The van der Waals surface area contributed by atoms with E-state index in [1.807, 2.05) is 35.1 Å². The van der Waals surface area contributed by atoms with Crippen molar-refractivity contribution in [1.29, 1.82) is 0 Å². The van der Waals surface area contributed by atoms with E-state index in [-0.39, 0.29) is 5.91 Å². The molecule has 1 amide bonds. The molecule has 0 fully saturated rings. The van der Waals surface area contributed by atoms with Gasteiger partial charge in [-0.2, -0.15) is 10.2 Å². The summed E-state index contributed by atoms with van der Waals surface area (Å²) in [6, 6.07) is 9.73. The quantitative estimate of drug-likeness (QED) is 0.726. The van der Waals surface area contributed by atoms with Gasteiger partial charge in [-0.15, -0.1) is 0 Å². The molecule has 1 aliphatic rings. The Morgan fingerprint density at radius 2 is 2.21 bits per heavy atom. The summed E-state index contributed by atoms with van der Waals surface area (Å²) in [5.74, 6) is 0.515. The van der Waals surface area contributed by atoms with Gasteiger partial charge in [0.1, 0.15) is 0 Å². The first-order chi connectivity index (χ1) is 11.8. The molecule has 0 saturated heterocycles. The monoisotopic (exact) mass is 325 g/mol. The van der Waals surface area contributed by atoms with E-state index in [1.165, 1.54) is 0 Å². The van der Waals surface area contributed by atoms with Crippen molar-refractivity contribution in [2.24, 2.45) is 0 Å². The molecule has 0 atom stereocenters. The number of carbonyl (C=O) groups is 1. The van der Waals surface area contributed by atoms with E-state index in [0.717, 1.165) is 36.8 Å². The van der Waals surface area contributed by atoms with Crippen molar-refractivity contribution in [1.82, 2.24) is 24.9 Å². The minimum atomic E-state index is -0.161. The summed E-state index contributed by atoms with van der Waals surface area (Å²) in [7, 11) is 0.